The van der Waals surface area contributed by atoms with Crippen molar-refractivity contribution < 1.29 is 14.3 Å². The second kappa shape index (κ2) is 7.34. The second-order valence-corrected chi connectivity index (χ2v) is 6.68. The topological polar surface area (TPSA) is 82.4 Å². The number of fused-ring (bicyclic) bond motifs is 2. The van der Waals surface area contributed by atoms with E-state index in [9.17, 15) is 9.59 Å². The average Bonchev–Trinajstić information content (AvgIpc) is 3.12. The summed E-state index contributed by atoms with van der Waals surface area (Å²) >= 11 is 0. The van der Waals surface area contributed by atoms with E-state index in [0.717, 1.165) is 18.4 Å². The van der Waals surface area contributed by atoms with Gasteiger partial charge < -0.3 is 19.4 Å². The first kappa shape index (κ1) is 18.0. The van der Waals surface area contributed by atoms with Gasteiger partial charge in [0.05, 0.1) is 30.1 Å². The molecule has 0 spiro atoms. The molecule has 0 fully saturated rings. The minimum absolute atomic E-state index is 0.0785. The fourth-order valence-electron chi connectivity index (χ4n) is 3.64. The summed E-state index contributed by atoms with van der Waals surface area (Å²) < 4.78 is 12.2. The Hall–Kier alpha value is -3.35. The first-order valence-electron chi connectivity index (χ1n) is 9.24. The molecule has 0 aliphatic heterocycles. The van der Waals surface area contributed by atoms with Crippen molar-refractivity contribution in [2.45, 2.75) is 32.4 Å². The summed E-state index contributed by atoms with van der Waals surface area (Å²) in [5.41, 5.74) is 2.18. The number of hydrogen-bond acceptors (Lipinski definition) is 5. The van der Waals surface area contributed by atoms with Crippen LogP contribution >= 0.6 is 0 Å². The standard InChI is InChI=1S/C21H21N3O4/c1-3-24-12-18(16-11-22-19(27-2)10-15(16)20(24)25)28-21(26)23-17-9-8-13-6-4-5-7-14(13)17/h4-7,10-12,17H,3,8-9H2,1-2H3,(H,23,26). The Balaban J connectivity index is 1.63. The Kier molecular flexibility index (Phi) is 4.73. The summed E-state index contributed by atoms with van der Waals surface area (Å²) in [5.74, 6) is 0.617. The van der Waals surface area contributed by atoms with Gasteiger partial charge in [0.1, 0.15) is 0 Å². The lowest BCUT2D eigenvalue weighted by molar-refractivity contribution is 0.196. The van der Waals surface area contributed by atoms with E-state index in [1.807, 2.05) is 25.1 Å². The smallest absolute Gasteiger partial charge is 0.413 e. The lowest BCUT2D eigenvalue weighted by Crippen LogP contribution is -2.30. The van der Waals surface area contributed by atoms with Crippen LogP contribution in [0, 0.1) is 0 Å². The molecular weight excluding hydrogens is 358 g/mol. The van der Waals surface area contributed by atoms with Crippen molar-refractivity contribution in [2.24, 2.45) is 0 Å². The second-order valence-electron chi connectivity index (χ2n) is 6.68. The van der Waals surface area contributed by atoms with E-state index in [-0.39, 0.29) is 17.4 Å². The van der Waals surface area contributed by atoms with Gasteiger partial charge in [-0.2, -0.15) is 0 Å². The Morgan fingerprint density at radius 2 is 2.14 bits per heavy atom. The monoisotopic (exact) mass is 379 g/mol. The van der Waals surface area contributed by atoms with Crippen LogP contribution < -0.4 is 20.3 Å². The average molecular weight is 379 g/mol. The van der Waals surface area contributed by atoms with Crippen molar-refractivity contribution in [3.05, 3.63) is 64.2 Å². The molecule has 1 aromatic carbocycles. The Morgan fingerprint density at radius 3 is 2.93 bits per heavy atom. The minimum atomic E-state index is -0.555. The van der Waals surface area contributed by atoms with E-state index >= 15 is 0 Å². The first-order chi connectivity index (χ1) is 13.6. The third-order valence-corrected chi connectivity index (χ3v) is 5.09. The molecule has 4 rings (SSSR count). The molecule has 0 saturated carbocycles. The number of pyridine rings is 2. The van der Waals surface area contributed by atoms with Crippen molar-refractivity contribution in [2.75, 3.05) is 7.11 Å². The summed E-state index contributed by atoms with van der Waals surface area (Å²) in [4.78, 5) is 29.3. The van der Waals surface area contributed by atoms with Gasteiger partial charge in [-0.05, 0) is 30.9 Å². The number of aryl methyl sites for hydroxylation is 2. The molecule has 0 bridgehead atoms. The Morgan fingerprint density at radius 1 is 1.32 bits per heavy atom. The lowest BCUT2D eigenvalue weighted by Gasteiger charge is -2.16. The minimum Gasteiger partial charge on any atom is -0.481 e. The highest BCUT2D eigenvalue weighted by atomic mass is 16.6. The number of nitrogens with one attached hydrogen (secondary N) is 1. The van der Waals surface area contributed by atoms with Crippen LogP contribution in [0.5, 0.6) is 11.6 Å². The third kappa shape index (κ3) is 3.19. The van der Waals surface area contributed by atoms with Crippen LogP contribution in [0.3, 0.4) is 0 Å². The number of ether oxygens (including phenoxy) is 2. The van der Waals surface area contributed by atoms with E-state index < -0.39 is 6.09 Å². The zero-order valence-electron chi connectivity index (χ0n) is 15.8. The molecule has 7 nitrogen and oxygen atoms in total. The zero-order valence-corrected chi connectivity index (χ0v) is 15.8. The fourth-order valence-corrected chi connectivity index (χ4v) is 3.64. The molecule has 1 amide bonds. The highest BCUT2D eigenvalue weighted by molar-refractivity contribution is 5.89. The maximum atomic E-state index is 12.6. The number of carbonyl (C=O) groups is 1. The molecule has 1 aliphatic rings. The van der Waals surface area contributed by atoms with Gasteiger partial charge in [0, 0.05) is 18.8 Å². The van der Waals surface area contributed by atoms with E-state index in [4.69, 9.17) is 9.47 Å². The van der Waals surface area contributed by atoms with E-state index in [0.29, 0.717) is 23.2 Å². The van der Waals surface area contributed by atoms with Gasteiger partial charge in [-0.3, -0.25) is 4.79 Å². The summed E-state index contributed by atoms with van der Waals surface area (Å²) in [5, 5.41) is 3.79. The number of aromatic nitrogens is 2. The van der Waals surface area contributed by atoms with Crippen molar-refractivity contribution in [3.63, 3.8) is 0 Å². The maximum Gasteiger partial charge on any atom is 0.413 e. The predicted octanol–water partition coefficient (Wildman–Crippen LogP) is 3.20. The van der Waals surface area contributed by atoms with Crippen LogP contribution in [0.2, 0.25) is 0 Å². The van der Waals surface area contributed by atoms with Crippen LogP contribution in [0.1, 0.15) is 30.5 Å². The summed E-state index contributed by atoms with van der Waals surface area (Å²) in [6.45, 7) is 2.30. The molecule has 1 aliphatic carbocycles. The van der Waals surface area contributed by atoms with Gasteiger partial charge in [-0.25, -0.2) is 9.78 Å². The van der Waals surface area contributed by atoms with Gasteiger partial charge in [-0.15, -0.1) is 0 Å². The van der Waals surface area contributed by atoms with E-state index in [2.05, 4.69) is 16.4 Å². The van der Waals surface area contributed by atoms with Gasteiger partial charge in [0.25, 0.3) is 5.56 Å². The highest BCUT2D eigenvalue weighted by Gasteiger charge is 2.24. The van der Waals surface area contributed by atoms with Crippen LogP contribution in [0.4, 0.5) is 4.79 Å². The van der Waals surface area contributed by atoms with Gasteiger partial charge >= 0.3 is 6.09 Å². The van der Waals surface area contributed by atoms with Crippen LogP contribution in [0.25, 0.3) is 10.8 Å². The predicted molar refractivity (Wildman–Crippen MR) is 105 cm³/mol. The number of nitrogens with zero attached hydrogens (tertiary/aromatic N) is 2. The molecule has 28 heavy (non-hydrogen) atoms. The largest absolute Gasteiger partial charge is 0.481 e. The quantitative estimate of drug-likeness (QED) is 0.753. The van der Waals surface area contributed by atoms with Crippen molar-refractivity contribution in [1.82, 2.24) is 14.9 Å². The SMILES string of the molecule is CCn1cc(OC(=O)NC2CCc3ccccc32)c2cnc(OC)cc2c1=O. The van der Waals surface area contributed by atoms with Crippen molar-refractivity contribution in [3.8, 4) is 11.6 Å². The van der Waals surface area contributed by atoms with Gasteiger partial charge in [0.15, 0.2) is 5.75 Å². The van der Waals surface area contributed by atoms with Crippen LogP contribution in [-0.2, 0) is 13.0 Å². The maximum absolute atomic E-state index is 12.6. The molecule has 1 unspecified atom stereocenters. The number of rotatable bonds is 4. The van der Waals surface area contributed by atoms with Crippen molar-refractivity contribution in [1.29, 1.82) is 0 Å². The van der Waals surface area contributed by atoms with Crippen molar-refractivity contribution >= 4 is 16.9 Å². The Labute approximate surface area is 161 Å². The molecule has 7 heteroatoms. The number of carbonyl (C=O) groups excluding carboxylic acids is 1. The molecule has 1 atom stereocenters. The zero-order chi connectivity index (χ0) is 19.7. The number of hydrogen-bond donors (Lipinski definition) is 1. The third-order valence-electron chi connectivity index (χ3n) is 5.09. The summed E-state index contributed by atoms with van der Waals surface area (Å²) in [6, 6.07) is 9.55. The molecule has 3 aromatic rings. The van der Waals surface area contributed by atoms with Gasteiger partial charge in [0.2, 0.25) is 5.88 Å². The molecule has 1 N–H and O–H groups in total. The Bertz CT molecular complexity index is 1110. The number of methoxy groups -OCH3 is 1. The van der Waals surface area contributed by atoms with Gasteiger partial charge in [-0.1, -0.05) is 24.3 Å². The number of benzene rings is 1. The number of amides is 1. The summed E-state index contributed by atoms with van der Waals surface area (Å²) in [6.07, 6.45) is 4.24. The first-order valence-corrected chi connectivity index (χ1v) is 9.24. The highest BCUT2D eigenvalue weighted by Crippen LogP contribution is 2.31. The normalized spacial score (nSPS) is 15.3. The van der Waals surface area contributed by atoms with E-state index in [1.54, 1.807) is 12.3 Å². The molecule has 0 saturated heterocycles. The van der Waals surface area contributed by atoms with Crippen LogP contribution in [-0.4, -0.2) is 22.8 Å². The summed E-state index contributed by atoms with van der Waals surface area (Å²) in [7, 11) is 1.49. The van der Waals surface area contributed by atoms with E-state index in [1.165, 1.54) is 23.4 Å². The molecular formula is C21H21N3O4. The molecule has 2 aromatic heterocycles. The van der Waals surface area contributed by atoms with Crippen LogP contribution in [0.15, 0.2) is 47.5 Å². The fraction of sp³-hybridized carbons (Fsp3) is 0.286. The molecule has 0 radical (unpaired) electrons. The lowest BCUT2D eigenvalue weighted by atomic mass is 10.1. The molecule has 2 heterocycles. The molecule has 144 valence electrons.